The Balaban J connectivity index is 1.36. The van der Waals surface area contributed by atoms with Gasteiger partial charge in [0.1, 0.15) is 12.1 Å². The highest BCUT2D eigenvalue weighted by atomic mass is 32.1. The number of imide groups is 1. The number of anilines is 1. The fourth-order valence-corrected chi connectivity index (χ4v) is 5.08. The number of carbonyl (C=O) groups is 3. The Morgan fingerprint density at radius 1 is 1.31 bits per heavy atom. The Labute approximate surface area is 155 Å². The Bertz CT molecular complexity index is 722. The number of amides is 4. The molecule has 8 nitrogen and oxygen atoms in total. The first-order valence-electron chi connectivity index (χ1n) is 9.18. The van der Waals surface area contributed by atoms with Crippen LogP contribution in [0.1, 0.15) is 49.3 Å². The number of thiazole rings is 1. The summed E-state index contributed by atoms with van der Waals surface area (Å²) in [6.07, 6.45) is 7.11. The molecule has 0 radical (unpaired) electrons. The number of rotatable bonds is 4. The van der Waals surface area contributed by atoms with Crippen LogP contribution in [0.25, 0.3) is 0 Å². The lowest BCUT2D eigenvalue weighted by Crippen LogP contribution is -2.44. The van der Waals surface area contributed by atoms with Crippen molar-refractivity contribution in [2.75, 3.05) is 25.0 Å². The summed E-state index contributed by atoms with van der Waals surface area (Å²) in [5, 5.41) is 9.36. The van der Waals surface area contributed by atoms with Crippen LogP contribution >= 0.6 is 11.3 Å². The van der Waals surface area contributed by atoms with E-state index < -0.39 is 17.5 Å². The van der Waals surface area contributed by atoms with Crippen molar-refractivity contribution in [2.24, 2.45) is 0 Å². The van der Waals surface area contributed by atoms with Crippen molar-refractivity contribution in [3.05, 3.63) is 11.1 Å². The molecule has 3 N–H and O–H groups in total. The van der Waals surface area contributed by atoms with Crippen LogP contribution < -0.4 is 16.0 Å². The molecule has 26 heavy (non-hydrogen) atoms. The first-order valence-corrected chi connectivity index (χ1v) is 9.99. The normalized spacial score (nSPS) is 22.8. The van der Waals surface area contributed by atoms with E-state index in [-0.39, 0.29) is 12.5 Å². The standard InChI is InChI=1S/C17H23N5O3S/c23-13(10-22-14(24)17(21-16(22)25)5-1-2-6-17)20-15-19-9-12(26-15)11-3-7-18-8-4-11/h9,11,18H,1-8,10H2,(H,21,25)(H,19,20,23). The molecule has 3 aliphatic rings. The number of nitrogens with one attached hydrogen (secondary N) is 3. The van der Waals surface area contributed by atoms with Gasteiger partial charge in [-0.1, -0.05) is 12.8 Å². The van der Waals surface area contributed by atoms with Gasteiger partial charge in [-0.15, -0.1) is 11.3 Å². The number of carbonyl (C=O) groups excluding carboxylic acids is 3. The summed E-state index contributed by atoms with van der Waals surface area (Å²) in [6.45, 7) is 1.73. The molecular weight excluding hydrogens is 354 g/mol. The zero-order valence-corrected chi connectivity index (χ0v) is 15.4. The number of piperidine rings is 1. The van der Waals surface area contributed by atoms with Crippen LogP contribution in [0.4, 0.5) is 9.93 Å². The van der Waals surface area contributed by atoms with Crippen molar-refractivity contribution >= 4 is 34.3 Å². The van der Waals surface area contributed by atoms with Crippen LogP contribution in [0.15, 0.2) is 6.20 Å². The lowest BCUT2D eigenvalue weighted by atomic mass is 9.97. The minimum Gasteiger partial charge on any atom is -0.323 e. The summed E-state index contributed by atoms with van der Waals surface area (Å²) < 4.78 is 0. The summed E-state index contributed by atoms with van der Waals surface area (Å²) >= 11 is 1.47. The second kappa shape index (κ2) is 6.96. The van der Waals surface area contributed by atoms with E-state index in [9.17, 15) is 14.4 Å². The van der Waals surface area contributed by atoms with E-state index in [1.165, 1.54) is 16.2 Å². The Kier molecular flexibility index (Phi) is 4.66. The molecule has 1 aromatic heterocycles. The van der Waals surface area contributed by atoms with Gasteiger partial charge in [-0.05, 0) is 44.7 Å². The van der Waals surface area contributed by atoms with Crippen molar-refractivity contribution in [3.8, 4) is 0 Å². The molecule has 4 rings (SSSR count). The maximum absolute atomic E-state index is 12.6. The third-order valence-electron chi connectivity index (χ3n) is 5.52. The molecule has 4 amide bonds. The van der Waals surface area contributed by atoms with Crippen molar-refractivity contribution < 1.29 is 14.4 Å². The smallest absolute Gasteiger partial charge is 0.323 e. The van der Waals surface area contributed by atoms with Gasteiger partial charge in [0.2, 0.25) is 5.91 Å². The summed E-state index contributed by atoms with van der Waals surface area (Å²) in [4.78, 5) is 43.5. The average Bonchev–Trinajstić information content (AvgIpc) is 3.34. The van der Waals surface area contributed by atoms with Crippen molar-refractivity contribution in [2.45, 2.75) is 50.0 Å². The lowest BCUT2D eigenvalue weighted by Gasteiger charge is -2.20. The van der Waals surface area contributed by atoms with Gasteiger partial charge < -0.3 is 16.0 Å². The zero-order chi connectivity index (χ0) is 18.1. The third-order valence-corrected chi connectivity index (χ3v) is 6.59. The highest BCUT2D eigenvalue weighted by Crippen LogP contribution is 2.35. The summed E-state index contributed by atoms with van der Waals surface area (Å²) in [6, 6.07) is -0.471. The van der Waals surface area contributed by atoms with E-state index in [1.807, 2.05) is 6.20 Å². The van der Waals surface area contributed by atoms with E-state index in [2.05, 4.69) is 20.9 Å². The van der Waals surface area contributed by atoms with Crippen LogP contribution in [-0.2, 0) is 9.59 Å². The summed E-state index contributed by atoms with van der Waals surface area (Å²) in [7, 11) is 0. The molecule has 3 fully saturated rings. The number of hydrogen-bond acceptors (Lipinski definition) is 6. The Morgan fingerprint density at radius 2 is 2.04 bits per heavy atom. The van der Waals surface area contributed by atoms with Crippen LogP contribution in [0.3, 0.4) is 0 Å². The molecule has 1 aliphatic carbocycles. The van der Waals surface area contributed by atoms with E-state index in [0.717, 1.165) is 43.7 Å². The van der Waals surface area contributed by atoms with Crippen molar-refractivity contribution in [1.82, 2.24) is 20.5 Å². The minimum atomic E-state index is -0.777. The second-order valence-electron chi connectivity index (χ2n) is 7.25. The van der Waals surface area contributed by atoms with Gasteiger partial charge in [-0.25, -0.2) is 9.78 Å². The third kappa shape index (κ3) is 3.21. The molecule has 140 valence electrons. The molecule has 2 aliphatic heterocycles. The van der Waals surface area contributed by atoms with Gasteiger partial charge in [0.25, 0.3) is 5.91 Å². The molecule has 1 saturated carbocycles. The molecule has 2 saturated heterocycles. The Morgan fingerprint density at radius 3 is 2.77 bits per heavy atom. The van der Waals surface area contributed by atoms with Gasteiger partial charge >= 0.3 is 6.03 Å². The van der Waals surface area contributed by atoms with Gasteiger partial charge in [0, 0.05) is 11.1 Å². The van der Waals surface area contributed by atoms with E-state index in [0.29, 0.717) is 23.9 Å². The van der Waals surface area contributed by atoms with Crippen molar-refractivity contribution in [1.29, 1.82) is 0 Å². The monoisotopic (exact) mass is 377 g/mol. The Hall–Kier alpha value is -2.00. The summed E-state index contributed by atoms with van der Waals surface area (Å²) in [5.41, 5.74) is -0.777. The van der Waals surface area contributed by atoms with Gasteiger partial charge in [0.05, 0.1) is 0 Å². The number of urea groups is 1. The lowest BCUT2D eigenvalue weighted by molar-refractivity contribution is -0.133. The van der Waals surface area contributed by atoms with Gasteiger partial charge in [-0.3, -0.25) is 14.5 Å². The molecule has 0 atom stereocenters. The molecule has 0 aromatic carbocycles. The van der Waals surface area contributed by atoms with E-state index >= 15 is 0 Å². The van der Waals surface area contributed by atoms with Crippen LogP contribution in [0, 0.1) is 0 Å². The fourth-order valence-electron chi connectivity index (χ4n) is 4.08. The highest BCUT2D eigenvalue weighted by molar-refractivity contribution is 7.15. The quantitative estimate of drug-likeness (QED) is 0.689. The molecule has 1 spiro atoms. The number of nitrogens with zero attached hydrogens (tertiary/aromatic N) is 2. The predicted molar refractivity (Wildman–Crippen MR) is 97.0 cm³/mol. The minimum absolute atomic E-state index is 0.269. The first kappa shape index (κ1) is 17.4. The maximum Gasteiger partial charge on any atom is 0.325 e. The molecular formula is C17H23N5O3S. The van der Waals surface area contributed by atoms with Crippen LogP contribution in [0.5, 0.6) is 0 Å². The predicted octanol–water partition coefficient (Wildman–Crippen LogP) is 1.41. The fraction of sp³-hybridized carbons (Fsp3) is 0.647. The molecule has 0 bridgehead atoms. The summed E-state index contributed by atoms with van der Waals surface area (Å²) in [5.74, 6) is -0.188. The zero-order valence-electron chi connectivity index (χ0n) is 14.5. The molecule has 9 heteroatoms. The van der Waals surface area contributed by atoms with Crippen LogP contribution in [-0.4, -0.2) is 52.9 Å². The largest absolute Gasteiger partial charge is 0.325 e. The van der Waals surface area contributed by atoms with Crippen LogP contribution in [0.2, 0.25) is 0 Å². The van der Waals surface area contributed by atoms with Gasteiger partial charge in [-0.2, -0.15) is 0 Å². The van der Waals surface area contributed by atoms with E-state index in [4.69, 9.17) is 0 Å². The number of aromatic nitrogens is 1. The number of hydrogen-bond donors (Lipinski definition) is 3. The van der Waals surface area contributed by atoms with Crippen molar-refractivity contribution in [3.63, 3.8) is 0 Å². The second-order valence-corrected chi connectivity index (χ2v) is 8.31. The average molecular weight is 377 g/mol. The SMILES string of the molecule is O=C(CN1C(=O)NC2(CCCC2)C1=O)Nc1ncc(C2CCNCC2)s1. The van der Waals surface area contributed by atoms with Gasteiger partial charge in [0.15, 0.2) is 5.13 Å². The highest BCUT2D eigenvalue weighted by Gasteiger charge is 2.52. The molecule has 3 heterocycles. The molecule has 1 aromatic rings. The maximum atomic E-state index is 12.6. The topological polar surface area (TPSA) is 103 Å². The first-order chi connectivity index (χ1) is 12.6. The van der Waals surface area contributed by atoms with E-state index in [1.54, 1.807) is 0 Å². The molecule has 0 unspecified atom stereocenters.